The first-order chi connectivity index (χ1) is 15.8. The molecule has 0 fully saturated rings. The van der Waals surface area contributed by atoms with Crippen molar-refractivity contribution in [2.45, 2.75) is 6.92 Å². The normalized spacial score (nSPS) is 10.8. The summed E-state index contributed by atoms with van der Waals surface area (Å²) < 4.78 is 3.42. The minimum atomic E-state index is -0.475. The van der Waals surface area contributed by atoms with Crippen LogP contribution in [0.1, 0.15) is 15.9 Å². The van der Waals surface area contributed by atoms with Crippen LogP contribution in [0.2, 0.25) is 0 Å². The van der Waals surface area contributed by atoms with E-state index in [9.17, 15) is 14.4 Å². The zero-order valence-electron chi connectivity index (χ0n) is 18.9. The minimum absolute atomic E-state index is 0.166. The third-order valence-corrected chi connectivity index (χ3v) is 5.70. The van der Waals surface area contributed by atoms with Crippen molar-refractivity contribution in [3.05, 3.63) is 82.4 Å². The lowest BCUT2D eigenvalue weighted by Crippen LogP contribution is -2.29. The van der Waals surface area contributed by atoms with E-state index in [-0.39, 0.29) is 17.2 Å². The largest absolute Gasteiger partial charge is 0.351 e. The average molecular weight is 444 g/mol. The summed E-state index contributed by atoms with van der Waals surface area (Å²) in [5, 5.41) is 9.00. The van der Waals surface area contributed by atoms with Gasteiger partial charge in [0.05, 0.1) is 0 Å². The van der Waals surface area contributed by atoms with E-state index in [0.29, 0.717) is 11.3 Å². The van der Waals surface area contributed by atoms with Gasteiger partial charge in [-0.1, -0.05) is 12.1 Å². The fourth-order valence-corrected chi connectivity index (χ4v) is 3.83. The Hall–Kier alpha value is -4.33. The SMILES string of the molecule is CNC(=O)Nc1cc(-c2cccc(NC(=O)c3ccc4c(ccn4C)c3)c2C)cn(C)c1=O. The Labute approximate surface area is 190 Å². The Morgan fingerprint density at radius 3 is 2.45 bits per heavy atom. The number of anilines is 2. The van der Waals surface area contributed by atoms with Crippen LogP contribution < -0.4 is 21.5 Å². The lowest BCUT2D eigenvalue weighted by molar-refractivity contribution is 0.102. The Morgan fingerprint density at radius 1 is 0.909 bits per heavy atom. The second-order valence-electron chi connectivity index (χ2n) is 7.90. The van der Waals surface area contributed by atoms with Crippen LogP contribution >= 0.6 is 0 Å². The first-order valence-corrected chi connectivity index (χ1v) is 10.4. The molecule has 2 aromatic heterocycles. The molecule has 0 bridgehead atoms. The summed E-state index contributed by atoms with van der Waals surface area (Å²) in [6.07, 6.45) is 3.66. The highest BCUT2D eigenvalue weighted by Gasteiger charge is 2.14. The van der Waals surface area contributed by atoms with Crippen LogP contribution in [-0.2, 0) is 14.1 Å². The van der Waals surface area contributed by atoms with Gasteiger partial charge in [0.15, 0.2) is 0 Å². The number of carbonyl (C=O) groups is 2. The summed E-state index contributed by atoms with van der Waals surface area (Å²) in [7, 11) is 5.07. The van der Waals surface area contributed by atoms with Crippen molar-refractivity contribution in [2.24, 2.45) is 14.1 Å². The van der Waals surface area contributed by atoms with E-state index in [2.05, 4.69) is 16.0 Å². The highest BCUT2D eigenvalue weighted by Crippen LogP contribution is 2.29. The molecule has 8 nitrogen and oxygen atoms in total. The van der Waals surface area contributed by atoms with Gasteiger partial charge in [0.1, 0.15) is 5.69 Å². The molecule has 33 heavy (non-hydrogen) atoms. The Bertz CT molecular complexity index is 1450. The number of nitrogens with one attached hydrogen (secondary N) is 3. The van der Waals surface area contributed by atoms with Gasteiger partial charge in [-0.25, -0.2) is 4.79 Å². The number of nitrogens with zero attached hydrogens (tertiary/aromatic N) is 2. The Morgan fingerprint density at radius 2 is 1.70 bits per heavy atom. The molecule has 0 aliphatic rings. The summed E-state index contributed by atoms with van der Waals surface area (Å²) >= 11 is 0. The molecule has 0 aliphatic carbocycles. The molecule has 2 heterocycles. The van der Waals surface area contributed by atoms with Crippen molar-refractivity contribution in [2.75, 3.05) is 17.7 Å². The van der Waals surface area contributed by atoms with Gasteiger partial charge in [-0.05, 0) is 54.4 Å². The van der Waals surface area contributed by atoms with E-state index in [4.69, 9.17) is 0 Å². The maximum Gasteiger partial charge on any atom is 0.319 e. The summed E-state index contributed by atoms with van der Waals surface area (Å²) in [6, 6.07) is 14.3. The molecule has 3 amide bonds. The van der Waals surface area contributed by atoms with Crippen molar-refractivity contribution in [3.63, 3.8) is 0 Å². The third-order valence-electron chi connectivity index (χ3n) is 5.70. The molecule has 0 unspecified atom stereocenters. The number of amides is 3. The molecular formula is C25H25N5O3. The van der Waals surface area contributed by atoms with Crippen LogP contribution in [-0.4, -0.2) is 28.1 Å². The lowest BCUT2D eigenvalue weighted by atomic mass is 10.00. The number of pyridine rings is 1. The standard InChI is InChI=1S/C25H25N5O3/c1-15-19(18-13-21(28-25(33)26-2)24(32)30(4)14-18)6-5-7-20(15)27-23(31)17-8-9-22-16(12-17)10-11-29(22)3/h5-14H,1-4H3,(H,27,31)(H2,26,28,33). The summed E-state index contributed by atoms with van der Waals surface area (Å²) in [5.74, 6) is -0.205. The van der Waals surface area contributed by atoms with E-state index >= 15 is 0 Å². The summed E-state index contributed by atoms with van der Waals surface area (Å²) in [6.45, 7) is 1.91. The number of hydrogen-bond donors (Lipinski definition) is 3. The van der Waals surface area contributed by atoms with E-state index in [0.717, 1.165) is 27.6 Å². The van der Waals surface area contributed by atoms with E-state index < -0.39 is 6.03 Å². The van der Waals surface area contributed by atoms with Crippen LogP contribution in [0.15, 0.2) is 65.7 Å². The number of urea groups is 1. The number of aromatic nitrogens is 2. The molecule has 0 spiro atoms. The van der Waals surface area contributed by atoms with Crippen LogP contribution in [0.4, 0.5) is 16.2 Å². The van der Waals surface area contributed by atoms with Crippen molar-refractivity contribution in [3.8, 4) is 11.1 Å². The molecule has 4 aromatic rings. The maximum atomic E-state index is 13.0. The molecule has 0 saturated carbocycles. The van der Waals surface area contributed by atoms with Gasteiger partial charge in [0.2, 0.25) is 0 Å². The highest BCUT2D eigenvalue weighted by atomic mass is 16.2. The molecule has 0 saturated heterocycles. The van der Waals surface area contributed by atoms with Crippen LogP contribution in [0, 0.1) is 6.92 Å². The van der Waals surface area contributed by atoms with Crippen LogP contribution in [0.3, 0.4) is 0 Å². The number of fused-ring (bicyclic) bond motifs is 1. The number of carbonyl (C=O) groups excluding carboxylic acids is 2. The zero-order chi connectivity index (χ0) is 23.7. The van der Waals surface area contributed by atoms with Crippen molar-refractivity contribution >= 4 is 34.2 Å². The van der Waals surface area contributed by atoms with Crippen molar-refractivity contribution < 1.29 is 9.59 Å². The van der Waals surface area contributed by atoms with Gasteiger partial charge in [0.25, 0.3) is 11.5 Å². The molecule has 8 heteroatoms. The molecule has 0 radical (unpaired) electrons. The quantitative estimate of drug-likeness (QED) is 0.447. The zero-order valence-corrected chi connectivity index (χ0v) is 18.9. The van der Waals surface area contributed by atoms with Crippen molar-refractivity contribution in [1.82, 2.24) is 14.5 Å². The lowest BCUT2D eigenvalue weighted by Gasteiger charge is -2.15. The monoisotopic (exact) mass is 443 g/mol. The van der Waals surface area contributed by atoms with Gasteiger partial charge in [-0.2, -0.15) is 0 Å². The smallest absolute Gasteiger partial charge is 0.319 e. The second kappa shape index (κ2) is 8.66. The summed E-state index contributed by atoms with van der Waals surface area (Å²) in [4.78, 5) is 37.1. The third kappa shape index (κ3) is 4.23. The van der Waals surface area contributed by atoms with Crippen LogP contribution in [0.25, 0.3) is 22.0 Å². The van der Waals surface area contributed by atoms with Crippen LogP contribution in [0.5, 0.6) is 0 Å². The van der Waals surface area contributed by atoms with Gasteiger partial charge in [-0.3, -0.25) is 9.59 Å². The van der Waals surface area contributed by atoms with E-state index in [1.165, 1.54) is 11.6 Å². The van der Waals surface area contributed by atoms with Gasteiger partial charge in [-0.15, -0.1) is 0 Å². The maximum absolute atomic E-state index is 13.0. The number of benzene rings is 2. The summed E-state index contributed by atoms with van der Waals surface area (Å²) in [5.41, 5.74) is 4.56. The number of hydrogen-bond acceptors (Lipinski definition) is 3. The Kier molecular flexibility index (Phi) is 5.74. The number of aryl methyl sites for hydroxylation is 2. The molecule has 0 atom stereocenters. The highest BCUT2D eigenvalue weighted by molar-refractivity contribution is 6.07. The predicted molar refractivity (Wildman–Crippen MR) is 131 cm³/mol. The molecule has 2 aromatic carbocycles. The van der Waals surface area contributed by atoms with E-state index in [1.807, 2.05) is 61.1 Å². The fourth-order valence-electron chi connectivity index (χ4n) is 3.83. The number of rotatable bonds is 4. The first-order valence-electron chi connectivity index (χ1n) is 10.4. The Balaban J connectivity index is 1.67. The fraction of sp³-hybridized carbons (Fsp3) is 0.160. The second-order valence-corrected chi connectivity index (χ2v) is 7.90. The minimum Gasteiger partial charge on any atom is -0.351 e. The molecular weight excluding hydrogens is 418 g/mol. The van der Waals surface area contributed by atoms with Gasteiger partial charge < -0.3 is 25.1 Å². The van der Waals surface area contributed by atoms with Gasteiger partial charge >= 0.3 is 6.03 Å². The van der Waals surface area contributed by atoms with E-state index in [1.54, 1.807) is 25.4 Å². The first kappa shape index (κ1) is 21.9. The molecule has 3 N–H and O–H groups in total. The van der Waals surface area contributed by atoms with Crippen molar-refractivity contribution in [1.29, 1.82) is 0 Å². The predicted octanol–water partition coefficient (Wildman–Crippen LogP) is 3.86. The molecule has 4 rings (SSSR count). The molecule has 0 aliphatic heterocycles. The topological polar surface area (TPSA) is 97.2 Å². The average Bonchev–Trinajstić information content (AvgIpc) is 3.18. The molecule has 168 valence electrons. The van der Waals surface area contributed by atoms with Gasteiger partial charge in [0, 0.05) is 61.3 Å².